The molecule has 3 aromatic rings. The van der Waals surface area contributed by atoms with E-state index in [1.807, 2.05) is 54.6 Å². The number of nitrogens with zero attached hydrogens (tertiary/aromatic N) is 1. The quantitative estimate of drug-likeness (QED) is 0.397. The molecule has 0 spiro atoms. The van der Waals surface area contributed by atoms with Gasteiger partial charge in [-0.15, -0.1) is 0 Å². The first-order valence-corrected chi connectivity index (χ1v) is 9.80. The summed E-state index contributed by atoms with van der Waals surface area (Å²) in [5.74, 6) is -1.52. The number of rotatable bonds is 8. The Bertz CT molecular complexity index is 1110. The fourth-order valence-corrected chi connectivity index (χ4v) is 3.37. The first-order chi connectivity index (χ1) is 14.9. The molecule has 158 valence electrons. The van der Waals surface area contributed by atoms with E-state index in [1.165, 1.54) is 25.1 Å². The highest BCUT2D eigenvalue weighted by molar-refractivity contribution is 5.95. The Hall–Kier alpha value is -4.00. The van der Waals surface area contributed by atoms with Gasteiger partial charge in [-0.2, -0.15) is 0 Å². The molecule has 3 rings (SSSR count). The maximum absolute atomic E-state index is 12.6. The summed E-state index contributed by atoms with van der Waals surface area (Å²) < 4.78 is 0. The van der Waals surface area contributed by atoms with Gasteiger partial charge in [-0.05, 0) is 41.3 Å². The summed E-state index contributed by atoms with van der Waals surface area (Å²) in [6.07, 6.45) is 0.614. The van der Waals surface area contributed by atoms with Crippen molar-refractivity contribution in [2.24, 2.45) is 0 Å². The molecule has 3 aromatic carbocycles. The molecule has 2 N–H and O–H groups in total. The minimum Gasteiger partial charge on any atom is -0.478 e. The number of carbonyl (C=O) groups excluding carboxylic acids is 1. The van der Waals surface area contributed by atoms with Crippen LogP contribution in [0.5, 0.6) is 0 Å². The molecule has 1 unspecified atom stereocenters. The standard InChI is InChI=1S/C24H22N2O5/c1-16(26(30)31)20-13-11-19(24(28)29)15-22(20)25-23(27)14-12-18-9-5-6-10-21(18)17-7-3-2-4-8-17/h2-11,13,15-16H,12,14H2,1H3,(H,25,27)(H,28,29). The maximum Gasteiger partial charge on any atom is 0.335 e. The number of hydrogen-bond acceptors (Lipinski definition) is 4. The van der Waals surface area contributed by atoms with Crippen LogP contribution < -0.4 is 5.32 Å². The monoisotopic (exact) mass is 418 g/mol. The molecule has 0 heterocycles. The Labute approximate surface area is 179 Å². The zero-order chi connectivity index (χ0) is 22.4. The number of anilines is 1. The molecular weight excluding hydrogens is 396 g/mol. The zero-order valence-electron chi connectivity index (χ0n) is 16.9. The van der Waals surface area contributed by atoms with Crippen LogP contribution in [0.4, 0.5) is 5.69 Å². The van der Waals surface area contributed by atoms with E-state index >= 15 is 0 Å². The van der Waals surface area contributed by atoms with Crippen LogP contribution in [0.1, 0.15) is 40.9 Å². The van der Waals surface area contributed by atoms with Gasteiger partial charge in [0, 0.05) is 23.8 Å². The molecular formula is C24H22N2O5. The third-order valence-electron chi connectivity index (χ3n) is 5.06. The van der Waals surface area contributed by atoms with Gasteiger partial charge in [-0.3, -0.25) is 14.9 Å². The number of hydrogen-bond donors (Lipinski definition) is 2. The van der Waals surface area contributed by atoms with Gasteiger partial charge in [0.15, 0.2) is 0 Å². The molecule has 0 radical (unpaired) electrons. The number of carboxylic acid groups (broad SMARTS) is 1. The smallest absolute Gasteiger partial charge is 0.335 e. The third kappa shape index (κ3) is 5.33. The number of nitro groups is 1. The number of aromatic carboxylic acids is 1. The molecule has 0 bridgehead atoms. The highest BCUT2D eigenvalue weighted by Crippen LogP contribution is 2.28. The minimum absolute atomic E-state index is 0.0518. The van der Waals surface area contributed by atoms with E-state index in [9.17, 15) is 24.8 Å². The molecule has 1 atom stereocenters. The summed E-state index contributed by atoms with van der Waals surface area (Å²) in [5.41, 5.74) is 3.44. The van der Waals surface area contributed by atoms with Crippen molar-refractivity contribution in [1.29, 1.82) is 0 Å². The summed E-state index contributed by atoms with van der Waals surface area (Å²) in [7, 11) is 0. The van der Waals surface area contributed by atoms with Crippen molar-refractivity contribution in [1.82, 2.24) is 0 Å². The van der Waals surface area contributed by atoms with E-state index in [-0.39, 0.29) is 29.1 Å². The Balaban J connectivity index is 1.78. The average Bonchev–Trinajstić information content (AvgIpc) is 2.78. The molecule has 0 aliphatic heterocycles. The first kappa shape index (κ1) is 21.7. The Kier molecular flexibility index (Phi) is 6.77. The van der Waals surface area contributed by atoms with Crippen molar-refractivity contribution in [2.75, 3.05) is 5.32 Å². The largest absolute Gasteiger partial charge is 0.478 e. The van der Waals surface area contributed by atoms with E-state index in [2.05, 4.69) is 5.32 Å². The lowest BCUT2D eigenvalue weighted by molar-refractivity contribution is -0.524. The molecule has 0 saturated carbocycles. The predicted octanol–water partition coefficient (Wildman–Crippen LogP) is 4.96. The molecule has 7 heteroatoms. The lowest BCUT2D eigenvalue weighted by Gasteiger charge is -2.14. The second kappa shape index (κ2) is 9.67. The van der Waals surface area contributed by atoms with Crippen molar-refractivity contribution >= 4 is 17.6 Å². The Morgan fingerprint density at radius 1 is 1.03 bits per heavy atom. The number of amides is 1. The molecule has 0 fully saturated rings. The van der Waals surface area contributed by atoms with Gasteiger partial charge in [-0.25, -0.2) is 4.79 Å². The second-order valence-corrected chi connectivity index (χ2v) is 7.14. The van der Waals surface area contributed by atoms with Gasteiger partial charge in [-0.1, -0.05) is 54.6 Å². The van der Waals surface area contributed by atoms with E-state index < -0.39 is 16.9 Å². The number of carbonyl (C=O) groups is 2. The van der Waals surface area contributed by atoms with Gasteiger partial charge < -0.3 is 10.4 Å². The van der Waals surface area contributed by atoms with Crippen molar-refractivity contribution in [3.05, 3.63) is 99.6 Å². The van der Waals surface area contributed by atoms with Crippen LogP contribution >= 0.6 is 0 Å². The topological polar surface area (TPSA) is 110 Å². The average molecular weight is 418 g/mol. The number of nitrogens with one attached hydrogen (secondary N) is 1. The normalized spacial score (nSPS) is 11.5. The van der Waals surface area contributed by atoms with Crippen molar-refractivity contribution in [3.8, 4) is 11.1 Å². The fraction of sp³-hybridized carbons (Fsp3) is 0.167. The highest BCUT2D eigenvalue weighted by atomic mass is 16.6. The Morgan fingerprint density at radius 3 is 2.39 bits per heavy atom. The van der Waals surface area contributed by atoms with Crippen molar-refractivity contribution in [3.63, 3.8) is 0 Å². The highest BCUT2D eigenvalue weighted by Gasteiger charge is 2.22. The lowest BCUT2D eigenvalue weighted by atomic mass is 9.96. The Morgan fingerprint density at radius 2 is 1.71 bits per heavy atom. The van der Waals surface area contributed by atoms with Crippen LogP contribution in [0.3, 0.4) is 0 Å². The van der Waals surface area contributed by atoms with Gasteiger partial charge in [0.25, 0.3) is 0 Å². The van der Waals surface area contributed by atoms with Gasteiger partial charge >= 0.3 is 5.97 Å². The SMILES string of the molecule is CC(c1ccc(C(=O)O)cc1NC(=O)CCc1ccccc1-c1ccccc1)[N+](=O)[O-]. The van der Waals surface area contributed by atoms with Crippen molar-refractivity contribution < 1.29 is 19.6 Å². The van der Waals surface area contributed by atoms with E-state index in [0.717, 1.165) is 16.7 Å². The van der Waals surface area contributed by atoms with E-state index in [0.29, 0.717) is 6.42 Å². The van der Waals surface area contributed by atoms with Crippen LogP contribution in [-0.4, -0.2) is 21.9 Å². The minimum atomic E-state index is -1.17. The summed E-state index contributed by atoms with van der Waals surface area (Å²) in [6, 6.07) is 20.5. The fourth-order valence-electron chi connectivity index (χ4n) is 3.37. The van der Waals surface area contributed by atoms with Gasteiger partial charge in [0.1, 0.15) is 0 Å². The van der Waals surface area contributed by atoms with Gasteiger partial charge in [0.2, 0.25) is 11.9 Å². The molecule has 0 saturated heterocycles. The molecule has 1 amide bonds. The predicted molar refractivity (Wildman–Crippen MR) is 118 cm³/mol. The molecule has 0 aromatic heterocycles. The number of benzene rings is 3. The number of aryl methyl sites for hydroxylation is 1. The van der Waals surface area contributed by atoms with Gasteiger partial charge in [0.05, 0.1) is 11.3 Å². The number of carboxylic acids is 1. The lowest BCUT2D eigenvalue weighted by Crippen LogP contribution is -2.17. The molecule has 31 heavy (non-hydrogen) atoms. The van der Waals surface area contributed by atoms with Crippen LogP contribution in [0.2, 0.25) is 0 Å². The van der Waals surface area contributed by atoms with Crippen LogP contribution in [0.15, 0.2) is 72.8 Å². The summed E-state index contributed by atoms with van der Waals surface area (Å²) in [6.45, 7) is 1.39. The van der Waals surface area contributed by atoms with Crippen LogP contribution in [0, 0.1) is 10.1 Å². The summed E-state index contributed by atoms with van der Waals surface area (Å²) in [4.78, 5) is 34.7. The van der Waals surface area contributed by atoms with Crippen molar-refractivity contribution in [2.45, 2.75) is 25.8 Å². The third-order valence-corrected chi connectivity index (χ3v) is 5.06. The van der Waals surface area contributed by atoms with E-state index in [4.69, 9.17) is 0 Å². The first-order valence-electron chi connectivity index (χ1n) is 9.80. The second-order valence-electron chi connectivity index (χ2n) is 7.14. The summed E-state index contributed by atoms with van der Waals surface area (Å²) >= 11 is 0. The molecule has 7 nitrogen and oxygen atoms in total. The zero-order valence-corrected chi connectivity index (χ0v) is 16.9. The summed E-state index contributed by atoms with van der Waals surface area (Å²) in [5, 5.41) is 23.1. The van der Waals surface area contributed by atoms with Crippen LogP contribution in [0.25, 0.3) is 11.1 Å². The van der Waals surface area contributed by atoms with E-state index in [1.54, 1.807) is 0 Å². The maximum atomic E-state index is 12.6. The molecule has 0 aliphatic carbocycles. The molecule has 0 aliphatic rings. The van der Waals surface area contributed by atoms with Crippen LogP contribution in [-0.2, 0) is 11.2 Å².